The second kappa shape index (κ2) is 7.56. The van der Waals surface area contributed by atoms with Crippen molar-refractivity contribution in [3.63, 3.8) is 0 Å². The van der Waals surface area contributed by atoms with Crippen LogP contribution in [-0.4, -0.2) is 39.3 Å². The van der Waals surface area contributed by atoms with Gasteiger partial charge in [-0.3, -0.25) is 9.97 Å². The van der Waals surface area contributed by atoms with Gasteiger partial charge in [0.15, 0.2) is 11.5 Å². The summed E-state index contributed by atoms with van der Waals surface area (Å²) in [4.78, 5) is 18.0. The lowest BCUT2D eigenvalue weighted by molar-refractivity contribution is 0.402. The van der Waals surface area contributed by atoms with Crippen LogP contribution in [0.15, 0.2) is 85.7 Å². The molecule has 1 atom stereocenters. The zero-order chi connectivity index (χ0) is 23.4. The summed E-state index contributed by atoms with van der Waals surface area (Å²) < 4.78 is 9.96. The average Bonchev–Trinajstić information content (AvgIpc) is 3.50. The molecule has 1 aromatic carbocycles. The summed E-state index contributed by atoms with van der Waals surface area (Å²) in [7, 11) is 0. The van der Waals surface area contributed by atoms with Gasteiger partial charge < -0.3 is 4.74 Å². The fraction of sp³-hybridized carbons (Fsp3) is 0.0769. The number of ether oxygens (including phenoxy) is 1. The topological polar surface area (TPSA) is 95.9 Å². The number of fused-ring (bicyclic) bond motifs is 4. The molecular formula is C26H18N8O. The molecule has 7 rings (SSSR count). The van der Waals surface area contributed by atoms with E-state index in [9.17, 15) is 0 Å². The van der Waals surface area contributed by atoms with Gasteiger partial charge >= 0.3 is 0 Å². The van der Waals surface area contributed by atoms with E-state index in [-0.39, 0.29) is 5.92 Å². The molecule has 0 radical (unpaired) electrons. The van der Waals surface area contributed by atoms with E-state index in [2.05, 4.69) is 26.1 Å². The van der Waals surface area contributed by atoms with Crippen LogP contribution in [0.4, 0.5) is 0 Å². The van der Waals surface area contributed by atoms with Gasteiger partial charge in [0, 0.05) is 30.4 Å². The first-order chi connectivity index (χ1) is 17.3. The highest BCUT2D eigenvalue weighted by atomic mass is 16.5. The monoisotopic (exact) mass is 458 g/mol. The summed E-state index contributed by atoms with van der Waals surface area (Å²) in [6, 6.07) is 17.7. The molecule has 6 heterocycles. The lowest BCUT2D eigenvalue weighted by Crippen LogP contribution is -2.16. The fourth-order valence-electron chi connectivity index (χ4n) is 4.63. The van der Waals surface area contributed by atoms with E-state index in [4.69, 9.17) is 14.8 Å². The maximum Gasteiger partial charge on any atom is 0.230 e. The molecule has 0 saturated heterocycles. The Kier molecular flexibility index (Phi) is 4.22. The Balaban J connectivity index is 1.50. The lowest BCUT2D eigenvalue weighted by atomic mass is 9.85. The molecule has 0 unspecified atom stereocenters. The van der Waals surface area contributed by atoms with Crippen LogP contribution in [0.25, 0.3) is 22.7 Å². The van der Waals surface area contributed by atoms with Crippen LogP contribution in [0.3, 0.4) is 0 Å². The predicted molar refractivity (Wildman–Crippen MR) is 128 cm³/mol. The number of aryl methyl sites for hydroxylation is 1. The quantitative estimate of drug-likeness (QED) is 0.388. The van der Waals surface area contributed by atoms with E-state index < -0.39 is 0 Å². The van der Waals surface area contributed by atoms with E-state index in [1.807, 2.05) is 66.3 Å². The zero-order valence-corrected chi connectivity index (χ0v) is 18.6. The van der Waals surface area contributed by atoms with E-state index in [1.54, 1.807) is 29.4 Å². The maximum atomic E-state index is 6.44. The molecule has 0 amide bonds. The first kappa shape index (κ1) is 19.5. The number of hydrogen-bond acceptors (Lipinski definition) is 7. The maximum absolute atomic E-state index is 6.44. The number of aromatic nitrogens is 8. The molecule has 0 bridgehead atoms. The highest BCUT2D eigenvalue weighted by molar-refractivity contribution is 5.68. The molecule has 1 aliphatic heterocycles. The van der Waals surface area contributed by atoms with Crippen molar-refractivity contribution in [1.29, 1.82) is 0 Å². The van der Waals surface area contributed by atoms with Gasteiger partial charge in [-0.1, -0.05) is 24.3 Å². The van der Waals surface area contributed by atoms with E-state index in [0.29, 0.717) is 23.2 Å². The highest BCUT2D eigenvalue weighted by Crippen LogP contribution is 2.49. The van der Waals surface area contributed by atoms with Crippen LogP contribution >= 0.6 is 0 Å². The van der Waals surface area contributed by atoms with Gasteiger partial charge in [-0.05, 0) is 42.8 Å². The Morgan fingerprint density at radius 3 is 2.51 bits per heavy atom. The van der Waals surface area contributed by atoms with Gasteiger partial charge in [0.05, 0.1) is 28.4 Å². The second-order valence-electron chi connectivity index (χ2n) is 8.28. The van der Waals surface area contributed by atoms with Gasteiger partial charge in [-0.15, -0.1) is 5.10 Å². The van der Waals surface area contributed by atoms with Crippen molar-refractivity contribution in [2.24, 2.45) is 0 Å². The Morgan fingerprint density at radius 2 is 1.71 bits per heavy atom. The minimum atomic E-state index is -0.231. The van der Waals surface area contributed by atoms with Crippen molar-refractivity contribution in [1.82, 2.24) is 39.3 Å². The summed E-state index contributed by atoms with van der Waals surface area (Å²) in [5.41, 5.74) is 6.11. The van der Waals surface area contributed by atoms with Crippen molar-refractivity contribution >= 4 is 5.65 Å². The summed E-state index contributed by atoms with van der Waals surface area (Å²) in [6.07, 6.45) is 8.72. The van der Waals surface area contributed by atoms with Gasteiger partial charge in [-0.25, -0.2) is 19.2 Å². The Labute approximate surface area is 199 Å². The summed E-state index contributed by atoms with van der Waals surface area (Å²) in [5.74, 6) is 1.48. The molecule has 1 aliphatic rings. The third-order valence-electron chi connectivity index (χ3n) is 6.18. The first-order valence-electron chi connectivity index (χ1n) is 11.2. The second-order valence-corrected chi connectivity index (χ2v) is 8.28. The Morgan fingerprint density at radius 1 is 0.857 bits per heavy atom. The van der Waals surface area contributed by atoms with Crippen molar-refractivity contribution in [3.05, 3.63) is 108 Å². The number of rotatable bonds is 3. The van der Waals surface area contributed by atoms with E-state index in [1.165, 1.54) is 0 Å². The highest BCUT2D eigenvalue weighted by Gasteiger charge is 2.38. The summed E-state index contributed by atoms with van der Waals surface area (Å²) in [5, 5.41) is 9.52. The molecule has 6 aromatic rings. The number of nitrogens with zero attached hydrogens (tertiary/aromatic N) is 8. The van der Waals surface area contributed by atoms with Crippen LogP contribution in [0.5, 0.6) is 11.8 Å². The van der Waals surface area contributed by atoms with Crippen molar-refractivity contribution < 1.29 is 4.74 Å². The van der Waals surface area contributed by atoms with Gasteiger partial charge in [0.2, 0.25) is 11.8 Å². The zero-order valence-electron chi connectivity index (χ0n) is 18.6. The molecular weight excluding hydrogens is 440 g/mol. The van der Waals surface area contributed by atoms with E-state index >= 15 is 0 Å². The fourth-order valence-corrected chi connectivity index (χ4v) is 4.63. The minimum absolute atomic E-state index is 0.231. The molecule has 5 aromatic heterocycles. The predicted octanol–water partition coefficient (Wildman–Crippen LogP) is 4.36. The molecule has 0 spiro atoms. The van der Waals surface area contributed by atoms with Gasteiger partial charge in [0.25, 0.3) is 0 Å². The standard InChI is InChI=1S/C26H18N8O/c1-16-20-21(18-6-5-11-28-14-18)22-24-30-23(17-9-12-27-13-10-17)32-33(24)15-29-25(22)35-26(20)34(31-16)19-7-3-2-4-8-19/h2-15,21H,1H3/t21-/m0/s1. The molecule has 0 fully saturated rings. The minimum Gasteiger partial charge on any atom is -0.420 e. The average molecular weight is 458 g/mol. The van der Waals surface area contributed by atoms with Crippen LogP contribution in [0.2, 0.25) is 0 Å². The molecule has 35 heavy (non-hydrogen) atoms. The molecule has 168 valence electrons. The SMILES string of the molecule is Cc1nn(-c2ccccc2)c2c1[C@H](c1cccnc1)c1c(ncn3nc(-c4ccncc4)nc13)O2. The van der Waals surface area contributed by atoms with Crippen LogP contribution in [0, 0.1) is 6.92 Å². The molecule has 0 aliphatic carbocycles. The number of para-hydroxylation sites is 1. The Bertz CT molecular complexity index is 1680. The molecule has 9 heteroatoms. The number of hydrogen-bond donors (Lipinski definition) is 0. The molecule has 9 nitrogen and oxygen atoms in total. The van der Waals surface area contributed by atoms with Gasteiger partial charge in [-0.2, -0.15) is 5.10 Å². The van der Waals surface area contributed by atoms with Crippen molar-refractivity contribution in [2.45, 2.75) is 12.8 Å². The van der Waals surface area contributed by atoms with Crippen LogP contribution in [0.1, 0.15) is 28.3 Å². The third-order valence-corrected chi connectivity index (χ3v) is 6.18. The first-order valence-corrected chi connectivity index (χ1v) is 11.2. The van der Waals surface area contributed by atoms with Crippen molar-refractivity contribution in [3.8, 4) is 28.8 Å². The Hall–Kier alpha value is -4.92. The summed E-state index contributed by atoms with van der Waals surface area (Å²) in [6.45, 7) is 2.00. The van der Waals surface area contributed by atoms with Gasteiger partial charge in [0.1, 0.15) is 6.33 Å². The molecule has 0 saturated carbocycles. The number of benzene rings is 1. The smallest absolute Gasteiger partial charge is 0.230 e. The summed E-state index contributed by atoms with van der Waals surface area (Å²) >= 11 is 0. The molecule has 0 N–H and O–H groups in total. The largest absolute Gasteiger partial charge is 0.420 e. The lowest BCUT2D eigenvalue weighted by Gasteiger charge is -2.26. The van der Waals surface area contributed by atoms with E-state index in [0.717, 1.165) is 33.6 Å². The van der Waals surface area contributed by atoms with Crippen molar-refractivity contribution in [2.75, 3.05) is 0 Å². The van der Waals surface area contributed by atoms with Crippen LogP contribution < -0.4 is 4.74 Å². The van der Waals surface area contributed by atoms with Crippen LogP contribution in [-0.2, 0) is 0 Å². The third kappa shape index (κ3) is 3.02. The normalized spacial score (nSPS) is 14.4. The number of pyridine rings is 2.